The molecule has 19 heavy (non-hydrogen) atoms. The van der Waals surface area contributed by atoms with Crippen LogP contribution in [0.3, 0.4) is 0 Å². The smallest absolute Gasteiger partial charge is 0.0600 e. The van der Waals surface area contributed by atoms with Crippen LogP contribution in [-0.2, 0) is 6.54 Å². The highest BCUT2D eigenvalue weighted by atomic mass is 15.2. The van der Waals surface area contributed by atoms with Crippen LogP contribution in [0.15, 0.2) is 18.5 Å². The van der Waals surface area contributed by atoms with E-state index in [2.05, 4.69) is 49.0 Å². The molecule has 0 saturated carbocycles. The second-order valence-corrected chi connectivity index (χ2v) is 5.09. The van der Waals surface area contributed by atoms with E-state index < -0.39 is 0 Å². The Hall–Kier alpha value is -1.09. The van der Waals surface area contributed by atoms with Crippen LogP contribution in [0, 0.1) is 0 Å². The molecule has 0 saturated heterocycles. The Balaban J connectivity index is 2.92. The normalized spacial score (nSPS) is 12.4. The molecule has 1 rings (SSSR count). The zero-order chi connectivity index (χ0) is 14.1. The number of aromatic nitrogens is 1. The Labute approximate surface area is 118 Å². The van der Waals surface area contributed by atoms with E-state index in [4.69, 9.17) is 0 Å². The number of hydrogen-bond donors (Lipinski definition) is 1. The van der Waals surface area contributed by atoms with Crippen molar-refractivity contribution in [3.8, 4) is 0 Å². The predicted octanol–water partition coefficient (Wildman–Crippen LogP) is 3.60. The summed E-state index contributed by atoms with van der Waals surface area (Å²) in [4.78, 5) is 6.85. The van der Waals surface area contributed by atoms with Gasteiger partial charge in [0.05, 0.1) is 11.9 Å². The van der Waals surface area contributed by atoms with Crippen LogP contribution in [0.1, 0.15) is 52.5 Å². The monoisotopic (exact) mass is 263 g/mol. The fraction of sp³-hybridized carbons (Fsp3) is 0.688. The maximum absolute atomic E-state index is 4.33. The molecule has 0 amide bonds. The van der Waals surface area contributed by atoms with E-state index in [1.165, 1.54) is 30.5 Å². The van der Waals surface area contributed by atoms with Gasteiger partial charge in [-0.15, -0.1) is 0 Å². The zero-order valence-electron chi connectivity index (χ0n) is 12.9. The number of pyridine rings is 1. The van der Waals surface area contributed by atoms with E-state index in [0.717, 1.165) is 19.6 Å². The van der Waals surface area contributed by atoms with Crippen molar-refractivity contribution in [3.63, 3.8) is 0 Å². The van der Waals surface area contributed by atoms with Crippen LogP contribution in [0.25, 0.3) is 0 Å². The average molecular weight is 263 g/mol. The highest BCUT2D eigenvalue weighted by Crippen LogP contribution is 2.23. The fourth-order valence-electron chi connectivity index (χ4n) is 2.21. The minimum Gasteiger partial charge on any atom is -0.367 e. The number of rotatable bonds is 9. The number of nitrogens with one attached hydrogen (secondary N) is 1. The van der Waals surface area contributed by atoms with Crippen molar-refractivity contribution in [3.05, 3.63) is 24.0 Å². The zero-order valence-corrected chi connectivity index (χ0v) is 12.9. The van der Waals surface area contributed by atoms with Gasteiger partial charge in [0.1, 0.15) is 0 Å². The number of unbranched alkanes of at least 4 members (excludes halogenated alkanes) is 1. The lowest BCUT2D eigenvalue weighted by Crippen LogP contribution is -2.34. The third kappa shape index (κ3) is 4.83. The van der Waals surface area contributed by atoms with Crippen molar-refractivity contribution in [2.75, 3.05) is 18.0 Å². The molecule has 0 spiro atoms. The van der Waals surface area contributed by atoms with E-state index >= 15 is 0 Å². The summed E-state index contributed by atoms with van der Waals surface area (Å²) >= 11 is 0. The van der Waals surface area contributed by atoms with Crippen molar-refractivity contribution < 1.29 is 0 Å². The first-order valence-electron chi connectivity index (χ1n) is 7.64. The summed E-state index contributed by atoms with van der Waals surface area (Å²) in [5, 5.41) is 3.42. The first kappa shape index (κ1) is 16.0. The highest BCUT2D eigenvalue weighted by molar-refractivity contribution is 5.52. The lowest BCUT2D eigenvalue weighted by molar-refractivity contribution is 0.590. The molecular formula is C16H29N3. The van der Waals surface area contributed by atoms with Gasteiger partial charge in [-0.25, -0.2) is 0 Å². The summed E-state index contributed by atoms with van der Waals surface area (Å²) in [6, 6.07) is 2.70. The van der Waals surface area contributed by atoms with Gasteiger partial charge in [-0.2, -0.15) is 0 Å². The molecule has 1 atom stereocenters. The Morgan fingerprint density at radius 3 is 2.74 bits per heavy atom. The minimum absolute atomic E-state index is 0.566. The Kier molecular flexibility index (Phi) is 7.49. The van der Waals surface area contributed by atoms with Gasteiger partial charge in [-0.3, -0.25) is 4.98 Å². The third-order valence-electron chi connectivity index (χ3n) is 3.64. The molecule has 0 aliphatic heterocycles. The summed E-state index contributed by atoms with van der Waals surface area (Å²) in [7, 11) is 0. The Morgan fingerprint density at radius 2 is 2.11 bits per heavy atom. The summed E-state index contributed by atoms with van der Waals surface area (Å²) in [5.41, 5.74) is 2.65. The van der Waals surface area contributed by atoms with Crippen LogP contribution >= 0.6 is 0 Å². The lowest BCUT2D eigenvalue weighted by atomic mass is 10.1. The van der Waals surface area contributed by atoms with Crippen LogP contribution < -0.4 is 10.2 Å². The fourth-order valence-corrected chi connectivity index (χ4v) is 2.21. The van der Waals surface area contributed by atoms with Crippen LogP contribution in [0.4, 0.5) is 5.69 Å². The van der Waals surface area contributed by atoms with Gasteiger partial charge in [0.15, 0.2) is 0 Å². The summed E-state index contributed by atoms with van der Waals surface area (Å²) in [6.45, 7) is 12.0. The van der Waals surface area contributed by atoms with Gasteiger partial charge in [0, 0.05) is 25.3 Å². The number of hydrogen-bond acceptors (Lipinski definition) is 3. The van der Waals surface area contributed by atoms with E-state index in [9.17, 15) is 0 Å². The third-order valence-corrected chi connectivity index (χ3v) is 3.64. The molecule has 0 aromatic carbocycles. The molecular weight excluding hydrogens is 234 g/mol. The van der Waals surface area contributed by atoms with Gasteiger partial charge in [-0.05, 0) is 37.9 Å². The molecule has 1 aromatic rings. The molecule has 0 aliphatic rings. The second kappa shape index (κ2) is 8.92. The molecule has 108 valence electrons. The van der Waals surface area contributed by atoms with Crippen LogP contribution in [0.5, 0.6) is 0 Å². The van der Waals surface area contributed by atoms with Crippen molar-refractivity contribution >= 4 is 5.69 Å². The average Bonchev–Trinajstić information content (AvgIpc) is 2.46. The van der Waals surface area contributed by atoms with E-state index in [0.29, 0.717) is 6.04 Å². The highest BCUT2D eigenvalue weighted by Gasteiger charge is 2.15. The molecule has 0 fully saturated rings. The summed E-state index contributed by atoms with van der Waals surface area (Å²) in [6.07, 6.45) is 7.55. The maximum Gasteiger partial charge on any atom is 0.0600 e. The Morgan fingerprint density at radius 1 is 1.32 bits per heavy atom. The van der Waals surface area contributed by atoms with Crippen LogP contribution in [0.2, 0.25) is 0 Å². The molecule has 3 heteroatoms. The number of nitrogens with zero attached hydrogens (tertiary/aromatic N) is 2. The van der Waals surface area contributed by atoms with E-state index in [1.54, 1.807) is 0 Å². The largest absolute Gasteiger partial charge is 0.367 e. The molecule has 1 aromatic heterocycles. The minimum atomic E-state index is 0.566. The van der Waals surface area contributed by atoms with Crippen molar-refractivity contribution in [2.24, 2.45) is 0 Å². The Bertz CT molecular complexity index is 352. The molecule has 0 bridgehead atoms. The van der Waals surface area contributed by atoms with E-state index in [-0.39, 0.29) is 0 Å². The topological polar surface area (TPSA) is 28.2 Å². The van der Waals surface area contributed by atoms with Gasteiger partial charge in [0.25, 0.3) is 0 Å². The van der Waals surface area contributed by atoms with Crippen molar-refractivity contribution in [2.45, 2.75) is 59.5 Å². The standard InChI is InChI=1S/C16H29N3/c1-5-8-11-19(14(4)6-2)16-13-18-10-9-15(16)12-17-7-3/h9-10,13-14,17H,5-8,11-12H2,1-4H3. The summed E-state index contributed by atoms with van der Waals surface area (Å²) in [5.74, 6) is 0. The molecule has 0 aliphatic carbocycles. The van der Waals surface area contributed by atoms with Crippen LogP contribution in [-0.4, -0.2) is 24.1 Å². The first-order chi connectivity index (χ1) is 9.24. The molecule has 1 N–H and O–H groups in total. The summed E-state index contributed by atoms with van der Waals surface area (Å²) < 4.78 is 0. The van der Waals surface area contributed by atoms with Gasteiger partial charge in [0.2, 0.25) is 0 Å². The SMILES string of the molecule is CCCCN(c1cnccc1CNCC)C(C)CC. The molecule has 0 radical (unpaired) electrons. The van der Waals surface area contributed by atoms with E-state index in [1.807, 2.05) is 12.4 Å². The maximum atomic E-state index is 4.33. The number of anilines is 1. The predicted molar refractivity (Wildman–Crippen MR) is 83.6 cm³/mol. The van der Waals surface area contributed by atoms with Gasteiger partial charge >= 0.3 is 0 Å². The van der Waals surface area contributed by atoms with Crippen molar-refractivity contribution in [1.29, 1.82) is 0 Å². The lowest BCUT2D eigenvalue weighted by Gasteiger charge is -2.32. The first-order valence-corrected chi connectivity index (χ1v) is 7.64. The van der Waals surface area contributed by atoms with Gasteiger partial charge < -0.3 is 10.2 Å². The molecule has 1 unspecified atom stereocenters. The molecule has 3 nitrogen and oxygen atoms in total. The second-order valence-electron chi connectivity index (χ2n) is 5.09. The molecule has 1 heterocycles. The van der Waals surface area contributed by atoms with Gasteiger partial charge in [-0.1, -0.05) is 27.2 Å². The van der Waals surface area contributed by atoms with Crippen molar-refractivity contribution in [1.82, 2.24) is 10.3 Å². The quantitative estimate of drug-likeness (QED) is 0.738.